The van der Waals surface area contributed by atoms with E-state index in [4.69, 9.17) is 5.26 Å². The van der Waals surface area contributed by atoms with Gasteiger partial charge < -0.3 is 10.2 Å². The highest BCUT2D eigenvalue weighted by Crippen LogP contribution is 2.23. The van der Waals surface area contributed by atoms with Gasteiger partial charge in [0.2, 0.25) is 0 Å². The zero-order valence-electron chi connectivity index (χ0n) is 16.0. The van der Waals surface area contributed by atoms with Crippen molar-refractivity contribution in [2.75, 3.05) is 18.4 Å². The van der Waals surface area contributed by atoms with Crippen molar-refractivity contribution in [2.24, 2.45) is 5.92 Å². The van der Waals surface area contributed by atoms with Gasteiger partial charge in [0, 0.05) is 29.9 Å². The number of piperidine rings is 1. The van der Waals surface area contributed by atoms with Crippen molar-refractivity contribution >= 4 is 23.4 Å². The molecule has 6 heteroatoms. The lowest BCUT2D eigenvalue weighted by Crippen LogP contribution is -2.39. The van der Waals surface area contributed by atoms with Gasteiger partial charge in [0.15, 0.2) is 0 Å². The number of thiocyanates is 1. The predicted octanol–water partition coefficient (Wildman–Crippen LogP) is 4.56. The van der Waals surface area contributed by atoms with Gasteiger partial charge in [-0.25, -0.2) is 0 Å². The van der Waals surface area contributed by atoms with Gasteiger partial charge in [-0.05, 0) is 66.8 Å². The summed E-state index contributed by atoms with van der Waals surface area (Å²) in [6.07, 6.45) is 4.39. The molecule has 2 aromatic carbocycles. The minimum Gasteiger partial charge on any atom is -0.360 e. The maximum absolute atomic E-state index is 12.7. The summed E-state index contributed by atoms with van der Waals surface area (Å²) in [6.45, 7) is 1.35. The van der Waals surface area contributed by atoms with Crippen molar-refractivity contribution in [3.8, 4) is 11.5 Å². The van der Waals surface area contributed by atoms with Crippen LogP contribution in [-0.2, 0) is 11.2 Å². The summed E-state index contributed by atoms with van der Waals surface area (Å²) in [4.78, 5) is 15.3. The second-order valence-electron chi connectivity index (χ2n) is 6.96. The number of carbonyl (C=O) groups is 1. The molecule has 1 amide bonds. The zero-order chi connectivity index (χ0) is 20.5. The molecular weight excluding hydrogens is 380 g/mol. The molecule has 0 aliphatic carbocycles. The van der Waals surface area contributed by atoms with Gasteiger partial charge in [-0.2, -0.15) is 10.5 Å². The molecule has 0 atom stereocenters. The Balaban J connectivity index is 1.53. The molecule has 5 nitrogen and oxygen atoms in total. The molecule has 146 valence electrons. The number of carbonyl (C=O) groups excluding carboxylic acids is 1. The molecule has 0 saturated carbocycles. The SMILES string of the molecule is N#CSc1ccc(N/C=C(/C#N)C(=O)N2CCC(Cc3ccccc3)CC2)cc1. The molecule has 0 radical (unpaired) electrons. The number of hydrogen-bond donors (Lipinski definition) is 1. The monoisotopic (exact) mass is 402 g/mol. The Labute approximate surface area is 175 Å². The third kappa shape index (κ3) is 5.88. The molecule has 1 fully saturated rings. The number of hydrogen-bond acceptors (Lipinski definition) is 5. The van der Waals surface area contributed by atoms with Gasteiger partial charge in [-0.3, -0.25) is 4.79 Å². The second-order valence-corrected chi connectivity index (χ2v) is 7.82. The lowest BCUT2D eigenvalue weighted by molar-refractivity contribution is -0.128. The first kappa shape index (κ1) is 20.5. The van der Waals surface area contributed by atoms with Crippen LogP contribution in [0, 0.1) is 27.9 Å². The van der Waals surface area contributed by atoms with Crippen molar-refractivity contribution in [3.05, 3.63) is 71.9 Å². The molecule has 0 aromatic heterocycles. The normalized spacial score (nSPS) is 14.7. The Morgan fingerprint density at radius 3 is 2.41 bits per heavy atom. The molecule has 0 spiro atoms. The van der Waals surface area contributed by atoms with E-state index in [0.717, 1.165) is 41.6 Å². The van der Waals surface area contributed by atoms with Gasteiger partial charge >= 0.3 is 0 Å². The van der Waals surface area contributed by atoms with Crippen LogP contribution in [0.5, 0.6) is 0 Å². The molecule has 1 aliphatic rings. The highest BCUT2D eigenvalue weighted by molar-refractivity contribution is 8.03. The maximum Gasteiger partial charge on any atom is 0.266 e. The number of rotatable bonds is 6. The van der Waals surface area contributed by atoms with Crippen molar-refractivity contribution in [2.45, 2.75) is 24.2 Å². The van der Waals surface area contributed by atoms with Crippen molar-refractivity contribution in [1.82, 2.24) is 4.90 Å². The number of nitrogens with one attached hydrogen (secondary N) is 1. The summed E-state index contributed by atoms with van der Waals surface area (Å²) in [7, 11) is 0. The minimum absolute atomic E-state index is 0.0991. The van der Waals surface area contributed by atoms with Crippen LogP contribution in [0.4, 0.5) is 5.69 Å². The van der Waals surface area contributed by atoms with E-state index in [1.165, 1.54) is 11.8 Å². The van der Waals surface area contributed by atoms with Crippen LogP contribution in [0.2, 0.25) is 0 Å². The lowest BCUT2D eigenvalue weighted by atomic mass is 9.90. The van der Waals surface area contributed by atoms with Gasteiger partial charge in [0.1, 0.15) is 17.0 Å². The molecule has 1 saturated heterocycles. The maximum atomic E-state index is 12.7. The summed E-state index contributed by atoms with van der Waals surface area (Å²) >= 11 is 1.09. The van der Waals surface area contributed by atoms with E-state index < -0.39 is 0 Å². The molecule has 1 aliphatic heterocycles. The molecular formula is C23H22N4OS. The molecule has 0 bridgehead atoms. The number of anilines is 1. The van der Waals surface area contributed by atoms with Gasteiger partial charge in [-0.15, -0.1) is 0 Å². The van der Waals surface area contributed by atoms with Crippen LogP contribution < -0.4 is 5.32 Å². The first-order valence-electron chi connectivity index (χ1n) is 9.55. The van der Waals surface area contributed by atoms with Crippen LogP contribution in [0.25, 0.3) is 0 Å². The fourth-order valence-electron chi connectivity index (χ4n) is 3.43. The van der Waals surface area contributed by atoms with E-state index in [-0.39, 0.29) is 11.5 Å². The molecule has 2 aromatic rings. The van der Waals surface area contributed by atoms with Crippen LogP contribution in [0.3, 0.4) is 0 Å². The Morgan fingerprint density at radius 2 is 1.79 bits per heavy atom. The Hall–Kier alpha value is -3.22. The Kier molecular flexibility index (Phi) is 7.33. The Bertz CT molecular complexity index is 934. The number of thioether (sulfide) groups is 1. The van der Waals surface area contributed by atoms with Crippen molar-refractivity contribution < 1.29 is 4.79 Å². The van der Waals surface area contributed by atoms with E-state index in [1.54, 1.807) is 4.90 Å². The third-order valence-corrected chi connectivity index (χ3v) is 5.62. The summed E-state index contributed by atoms with van der Waals surface area (Å²) in [5.41, 5.74) is 2.19. The van der Waals surface area contributed by atoms with Gasteiger partial charge in [-0.1, -0.05) is 30.3 Å². The topological polar surface area (TPSA) is 79.9 Å². The van der Waals surface area contributed by atoms with Crippen LogP contribution in [0.15, 0.2) is 71.3 Å². The molecule has 1 heterocycles. The van der Waals surface area contributed by atoms with E-state index in [2.05, 4.69) is 29.6 Å². The second kappa shape index (κ2) is 10.4. The number of nitrogens with zero attached hydrogens (tertiary/aromatic N) is 3. The number of benzene rings is 2. The number of likely N-dealkylation sites (tertiary alicyclic amines) is 1. The summed E-state index contributed by atoms with van der Waals surface area (Å²) in [5, 5.41) is 23.1. The van der Waals surface area contributed by atoms with Crippen LogP contribution in [-0.4, -0.2) is 23.9 Å². The molecule has 0 unspecified atom stereocenters. The predicted molar refractivity (Wildman–Crippen MR) is 115 cm³/mol. The average molecular weight is 403 g/mol. The highest BCUT2D eigenvalue weighted by atomic mass is 32.2. The smallest absolute Gasteiger partial charge is 0.266 e. The largest absolute Gasteiger partial charge is 0.360 e. The summed E-state index contributed by atoms with van der Waals surface area (Å²) in [5.74, 6) is 0.341. The fraction of sp³-hybridized carbons (Fsp3) is 0.261. The fourth-order valence-corrected chi connectivity index (χ4v) is 3.80. The minimum atomic E-state index is -0.227. The first-order chi connectivity index (χ1) is 14.2. The summed E-state index contributed by atoms with van der Waals surface area (Å²) in [6, 6.07) is 19.7. The zero-order valence-corrected chi connectivity index (χ0v) is 16.9. The van der Waals surface area contributed by atoms with E-state index in [9.17, 15) is 10.1 Å². The standard InChI is InChI=1S/C23H22N4OS/c24-15-20(16-26-21-6-8-22(9-7-21)29-17-25)23(28)27-12-10-19(11-13-27)14-18-4-2-1-3-5-18/h1-9,16,19,26H,10-14H2/b20-16-. The molecule has 1 N–H and O–H groups in total. The highest BCUT2D eigenvalue weighted by Gasteiger charge is 2.25. The van der Waals surface area contributed by atoms with Crippen molar-refractivity contribution in [3.63, 3.8) is 0 Å². The molecule has 29 heavy (non-hydrogen) atoms. The average Bonchev–Trinajstić information content (AvgIpc) is 2.76. The quantitative estimate of drug-likeness (QED) is 0.332. The Morgan fingerprint density at radius 1 is 1.10 bits per heavy atom. The van der Waals surface area contributed by atoms with E-state index >= 15 is 0 Å². The van der Waals surface area contributed by atoms with Gasteiger partial charge in [0.05, 0.1) is 0 Å². The van der Waals surface area contributed by atoms with Gasteiger partial charge in [0.25, 0.3) is 5.91 Å². The summed E-state index contributed by atoms with van der Waals surface area (Å²) < 4.78 is 0. The van der Waals surface area contributed by atoms with E-state index in [0.29, 0.717) is 19.0 Å². The van der Waals surface area contributed by atoms with E-state index in [1.807, 2.05) is 41.8 Å². The third-order valence-electron chi connectivity index (χ3n) is 5.02. The molecule has 3 rings (SSSR count). The lowest BCUT2D eigenvalue weighted by Gasteiger charge is -2.32. The van der Waals surface area contributed by atoms with Crippen molar-refractivity contribution in [1.29, 1.82) is 10.5 Å². The number of nitriles is 2. The number of amides is 1. The van der Waals surface area contributed by atoms with Crippen LogP contribution in [0.1, 0.15) is 18.4 Å². The first-order valence-corrected chi connectivity index (χ1v) is 10.4. The van der Waals surface area contributed by atoms with Crippen LogP contribution >= 0.6 is 11.8 Å².